The number of aromatic nitrogens is 4. The number of rotatable bonds is 3. The molecule has 1 aromatic carbocycles. The van der Waals surface area contributed by atoms with Crippen LogP contribution in [0.5, 0.6) is 0 Å². The fourth-order valence-electron chi connectivity index (χ4n) is 2.72. The van der Waals surface area contributed by atoms with Crippen LogP contribution in [-0.2, 0) is 6.42 Å². The Morgan fingerprint density at radius 1 is 1.12 bits per heavy atom. The molecule has 0 bridgehead atoms. The maximum absolute atomic E-state index is 4.81. The summed E-state index contributed by atoms with van der Waals surface area (Å²) in [5, 5.41) is 17.9. The van der Waals surface area contributed by atoms with Gasteiger partial charge >= 0.3 is 0 Å². The molecule has 4 heterocycles. The molecule has 0 aliphatic carbocycles. The van der Waals surface area contributed by atoms with Crippen LogP contribution >= 0.6 is 49.9 Å². The van der Waals surface area contributed by atoms with Crippen molar-refractivity contribution >= 4 is 64.3 Å². The van der Waals surface area contributed by atoms with Crippen molar-refractivity contribution in [1.29, 1.82) is 0 Å². The highest BCUT2D eigenvalue weighted by molar-refractivity contribution is 9.10. The molecule has 124 valence electrons. The van der Waals surface area contributed by atoms with Crippen molar-refractivity contribution in [2.45, 2.75) is 13.3 Å². The molecule has 0 saturated heterocycles. The van der Waals surface area contributed by atoms with E-state index in [0.29, 0.717) is 0 Å². The van der Waals surface area contributed by atoms with Crippen molar-refractivity contribution in [2.75, 3.05) is 0 Å². The molecule has 0 saturated carbocycles. The zero-order valence-electron chi connectivity index (χ0n) is 13.1. The minimum absolute atomic E-state index is 0.774. The summed E-state index contributed by atoms with van der Waals surface area (Å²) in [7, 11) is 0. The van der Waals surface area contributed by atoms with E-state index in [1.165, 1.54) is 19.8 Å². The average Bonchev–Trinajstić information content (AvgIpc) is 3.34. The number of hydrogen-bond donors (Lipinski definition) is 0. The molecule has 0 amide bonds. The van der Waals surface area contributed by atoms with Crippen LogP contribution in [-0.4, -0.2) is 19.8 Å². The Morgan fingerprint density at radius 3 is 2.76 bits per heavy atom. The first-order valence-electron chi connectivity index (χ1n) is 7.71. The minimum Gasteiger partial charge on any atom is -0.182 e. The Hall–Kier alpha value is -1.61. The van der Waals surface area contributed by atoms with Gasteiger partial charge in [0, 0.05) is 31.2 Å². The molecule has 0 N–H and O–H groups in total. The standard InChI is InChI=1S/C17H11BrN4S3/c1-2-11-7-12-13(8-23-16(12)24-11)15-21-22-14(19-20-17(22)25-15)9-3-5-10(18)6-4-9/h3-8H,2H2,1H3. The van der Waals surface area contributed by atoms with Crippen molar-refractivity contribution in [3.63, 3.8) is 0 Å². The summed E-state index contributed by atoms with van der Waals surface area (Å²) in [5.41, 5.74) is 2.21. The SMILES string of the molecule is CCc1cc2c(-c3nn4c(-c5ccc(Br)cc5)nnc4s3)csc2s1. The third-order valence-electron chi connectivity index (χ3n) is 4.00. The average molecular weight is 447 g/mol. The second-order valence-corrected chi connectivity index (χ2v) is 9.70. The van der Waals surface area contributed by atoms with Gasteiger partial charge in [0.05, 0.1) is 4.01 Å². The molecule has 25 heavy (non-hydrogen) atoms. The monoisotopic (exact) mass is 446 g/mol. The van der Waals surface area contributed by atoms with Crippen LogP contribution in [0.1, 0.15) is 11.8 Å². The van der Waals surface area contributed by atoms with Crippen LogP contribution < -0.4 is 0 Å². The molecule has 4 nitrogen and oxygen atoms in total. The fraction of sp³-hybridized carbons (Fsp3) is 0.118. The first-order chi connectivity index (χ1) is 12.2. The van der Waals surface area contributed by atoms with Gasteiger partial charge in [-0.3, -0.25) is 0 Å². The lowest BCUT2D eigenvalue weighted by Crippen LogP contribution is -1.90. The summed E-state index contributed by atoms with van der Waals surface area (Å²) in [6.45, 7) is 2.20. The van der Waals surface area contributed by atoms with Crippen LogP contribution in [0.25, 0.3) is 36.3 Å². The maximum atomic E-state index is 4.81. The van der Waals surface area contributed by atoms with Crippen LogP contribution in [0, 0.1) is 0 Å². The summed E-state index contributed by atoms with van der Waals surface area (Å²) in [4.78, 5) is 2.24. The molecule has 5 aromatic rings. The summed E-state index contributed by atoms with van der Waals surface area (Å²) in [6, 6.07) is 10.3. The normalized spacial score (nSPS) is 11.8. The molecular weight excluding hydrogens is 436 g/mol. The minimum atomic E-state index is 0.774. The lowest BCUT2D eigenvalue weighted by atomic mass is 10.2. The topological polar surface area (TPSA) is 43.1 Å². The molecule has 5 rings (SSSR count). The lowest BCUT2D eigenvalue weighted by Gasteiger charge is -1.97. The van der Waals surface area contributed by atoms with E-state index in [9.17, 15) is 0 Å². The maximum Gasteiger partial charge on any atom is 0.235 e. The summed E-state index contributed by atoms with van der Waals surface area (Å²) in [5.74, 6) is 0.774. The quantitative estimate of drug-likeness (QED) is 0.335. The van der Waals surface area contributed by atoms with Gasteiger partial charge in [-0.05, 0) is 24.6 Å². The lowest BCUT2D eigenvalue weighted by molar-refractivity contribution is 0.971. The zero-order valence-corrected chi connectivity index (χ0v) is 17.1. The number of hydrogen-bond acceptors (Lipinski definition) is 6. The van der Waals surface area contributed by atoms with E-state index in [1.54, 1.807) is 22.7 Å². The van der Waals surface area contributed by atoms with Gasteiger partial charge in [-0.25, -0.2) is 0 Å². The van der Waals surface area contributed by atoms with E-state index < -0.39 is 0 Å². The summed E-state index contributed by atoms with van der Waals surface area (Å²) in [6.07, 6.45) is 1.07. The van der Waals surface area contributed by atoms with Gasteiger partial charge in [0.15, 0.2) is 5.82 Å². The van der Waals surface area contributed by atoms with Gasteiger partial charge in [0.1, 0.15) is 5.01 Å². The smallest absolute Gasteiger partial charge is 0.182 e. The predicted molar refractivity (Wildman–Crippen MR) is 110 cm³/mol. The predicted octanol–water partition coefficient (Wildman–Crippen LogP) is 6.12. The molecule has 0 unspecified atom stereocenters. The largest absolute Gasteiger partial charge is 0.235 e. The Morgan fingerprint density at radius 2 is 1.96 bits per heavy atom. The first-order valence-corrected chi connectivity index (χ1v) is 11.0. The van der Waals surface area contributed by atoms with Crippen molar-refractivity contribution in [3.05, 3.63) is 45.1 Å². The number of fused-ring (bicyclic) bond motifs is 2. The highest BCUT2D eigenvalue weighted by Gasteiger charge is 2.17. The summed E-state index contributed by atoms with van der Waals surface area (Å²) < 4.78 is 4.26. The van der Waals surface area contributed by atoms with Crippen LogP contribution in [0.3, 0.4) is 0 Å². The number of benzene rings is 1. The Labute approximate surface area is 163 Å². The molecule has 0 radical (unpaired) electrons. The summed E-state index contributed by atoms with van der Waals surface area (Å²) >= 11 is 8.72. The third kappa shape index (κ3) is 2.55. The van der Waals surface area contributed by atoms with Gasteiger partial charge in [0.25, 0.3) is 0 Å². The second-order valence-electron chi connectivity index (χ2n) is 5.55. The molecule has 0 fully saturated rings. The number of thiophene rings is 2. The molecule has 8 heteroatoms. The number of aryl methyl sites for hydroxylation is 1. The molecule has 0 spiro atoms. The first kappa shape index (κ1) is 15.6. The molecule has 0 atom stereocenters. The molecule has 0 aliphatic heterocycles. The number of nitrogens with zero attached hydrogens (tertiary/aromatic N) is 4. The van der Waals surface area contributed by atoms with E-state index in [2.05, 4.69) is 44.5 Å². The number of halogens is 1. The van der Waals surface area contributed by atoms with E-state index >= 15 is 0 Å². The second kappa shape index (κ2) is 5.98. The Kier molecular flexibility index (Phi) is 3.74. The van der Waals surface area contributed by atoms with E-state index in [0.717, 1.165) is 32.2 Å². The fourth-order valence-corrected chi connectivity index (χ4v) is 6.18. The molecule has 0 aliphatic rings. The zero-order chi connectivity index (χ0) is 17.0. The van der Waals surface area contributed by atoms with E-state index in [1.807, 2.05) is 40.1 Å². The van der Waals surface area contributed by atoms with Crippen molar-refractivity contribution in [3.8, 4) is 22.0 Å². The van der Waals surface area contributed by atoms with Crippen LogP contribution in [0.2, 0.25) is 0 Å². The van der Waals surface area contributed by atoms with E-state index in [-0.39, 0.29) is 0 Å². The van der Waals surface area contributed by atoms with Gasteiger partial charge in [-0.1, -0.05) is 46.3 Å². The molecule has 4 aromatic heterocycles. The van der Waals surface area contributed by atoms with Crippen LogP contribution in [0.4, 0.5) is 0 Å². The van der Waals surface area contributed by atoms with Gasteiger partial charge in [-0.2, -0.15) is 9.61 Å². The Balaban J connectivity index is 1.65. The highest BCUT2D eigenvalue weighted by atomic mass is 79.9. The van der Waals surface area contributed by atoms with Gasteiger partial charge in [-0.15, -0.1) is 32.9 Å². The Bertz CT molecular complexity index is 1200. The van der Waals surface area contributed by atoms with Crippen molar-refractivity contribution in [1.82, 2.24) is 19.8 Å². The molecular formula is C17H11BrN4S3. The van der Waals surface area contributed by atoms with Crippen LogP contribution in [0.15, 0.2) is 40.2 Å². The highest BCUT2D eigenvalue weighted by Crippen LogP contribution is 2.41. The van der Waals surface area contributed by atoms with Crippen molar-refractivity contribution in [2.24, 2.45) is 0 Å². The van der Waals surface area contributed by atoms with Crippen molar-refractivity contribution < 1.29 is 0 Å². The van der Waals surface area contributed by atoms with Gasteiger partial charge < -0.3 is 0 Å². The third-order valence-corrected chi connectivity index (χ3v) is 7.86. The van der Waals surface area contributed by atoms with Gasteiger partial charge in [0.2, 0.25) is 4.96 Å². The van der Waals surface area contributed by atoms with E-state index in [4.69, 9.17) is 5.10 Å².